The molecule has 2 aliphatic rings. The zero-order valence-electron chi connectivity index (χ0n) is 24.4. The second-order valence-electron chi connectivity index (χ2n) is 11.3. The Morgan fingerprint density at radius 1 is 1.03 bits per heavy atom. The summed E-state index contributed by atoms with van der Waals surface area (Å²) in [5.74, 6) is 0.192. The van der Waals surface area contributed by atoms with E-state index in [1.807, 2.05) is 0 Å². The Morgan fingerprint density at radius 3 is 2.18 bits per heavy atom. The monoisotopic (exact) mass is 588 g/mol. The largest absolute Gasteiger partial charge is 0.464 e. The van der Waals surface area contributed by atoms with Crippen LogP contribution >= 0.6 is 22.2 Å². The van der Waals surface area contributed by atoms with E-state index >= 15 is 0 Å². The second-order valence-corrected chi connectivity index (χ2v) is 15.3. The van der Waals surface area contributed by atoms with Crippen molar-refractivity contribution in [3.05, 3.63) is 0 Å². The van der Waals surface area contributed by atoms with Crippen molar-refractivity contribution in [1.82, 2.24) is 16.0 Å². The lowest BCUT2D eigenvalue weighted by Gasteiger charge is -2.46. The molecule has 2 fully saturated rings. The van der Waals surface area contributed by atoms with Crippen molar-refractivity contribution in [2.24, 2.45) is 4.99 Å². The van der Waals surface area contributed by atoms with E-state index < -0.39 is 56.0 Å². The third-order valence-electron chi connectivity index (χ3n) is 5.44. The van der Waals surface area contributed by atoms with Gasteiger partial charge in [0, 0.05) is 6.92 Å². The topological polar surface area (TPSA) is 144 Å². The van der Waals surface area contributed by atoms with Gasteiger partial charge in [0.05, 0.1) is 6.61 Å². The van der Waals surface area contributed by atoms with Gasteiger partial charge in [-0.2, -0.15) is 0 Å². The van der Waals surface area contributed by atoms with Crippen molar-refractivity contribution in [3.8, 4) is 0 Å². The lowest BCUT2D eigenvalue weighted by atomic mass is 10.2. The first-order valence-corrected chi connectivity index (χ1v) is 15.7. The summed E-state index contributed by atoms with van der Waals surface area (Å²) in [7, 11) is -0.547. The number of amides is 3. The van der Waals surface area contributed by atoms with Crippen molar-refractivity contribution in [3.63, 3.8) is 0 Å². The molecule has 0 aromatic carbocycles. The minimum atomic E-state index is -1.17. The van der Waals surface area contributed by atoms with Crippen LogP contribution in [0.5, 0.6) is 0 Å². The number of aliphatic imine (C=N–C) groups is 1. The summed E-state index contributed by atoms with van der Waals surface area (Å²) in [5.41, 5.74) is -1.64. The number of carbonyl (C=O) groups excluding carboxylic acids is 4. The molecule has 39 heavy (non-hydrogen) atoms. The summed E-state index contributed by atoms with van der Waals surface area (Å²) in [6.07, 6.45) is 3.03. The van der Waals surface area contributed by atoms with Crippen molar-refractivity contribution < 1.29 is 33.4 Å². The first-order chi connectivity index (χ1) is 18.1. The summed E-state index contributed by atoms with van der Waals surface area (Å²) in [6, 6.07) is -1.12. The number of rotatable bonds is 5. The maximum absolute atomic E-state index is 13.4. The molecule has 0 spiro atoms. The van der Waals surface area contributed by atoms with Gasteiger partial charge in [-0.3, -0.25) is 10.1 Å². The van der Waals surface area contributed by atoms with E-state index in [0.717, 1.165) is 37.9 Å². The molecule has 13 heteroatoms. The van der Waals surface area contributed by atoms with E-state index in [1.165, 1.54) is 23.6 Å². The predicted octanol–water partition coefficient (Wildman–Crippen LogP) is 4.27. The molecule has 3 N–H and O–H groups in total. The van der Waals surface area contributed by atoms with Crippen LogP contribution in [-0.2, 0) is 23.8 Å². The molecule has 1 aliphatic heterocycles. The number of guanidine groups is 1. The molecule has 0 aromatic heterocycles. The maximum Gasteiger partial charge on any atom is 0.437 e. The summed E-state index contributed by atoms with van der Waals surface area (Å²) < 4.78 is 15.0. The molecule has 3 amide bonds. The molecule has 1 heterocycles. The molecule has 2 rings (SSSR count). The highest BCUT2D eigenvalue weighted by Gasteiger charge is 2.51. The fourth-order valence-electron chi connectivity index (χ4n) is 4.19. The summed E-state index contributed by atoms with van der Waals surface area (Å²) >= 11 is 1.46. The molecule has 0 radical (unpaired) electrons. The number of hydrogen-bond acceptors (Lipinski definition) is 8. The second kappa shape index (κ2) is 13.9. The number of ether oxygens (including phenoxy) is 3. The molecule has 1 saturated carbocycles. The fourth-order valence-corrected chi connectivity index (χ4v) is 9.77. The van der Waals surface area contributed by atoms with Gasteiger partial charge in [0.25, 0.3) is 0 Å². The van der Waals surface area contributed by atoms with Crippen LogP contribution in [0.3, 0.4) is 0 Å². The number of esters is 1. The number of carbonyl (C=O) groups is 4. The van der Waals surface area contributed by atoms with Gasteiger partial charge in [0.2, 0.25) is 11.9 Å². The number of thioether (sulfide) groups is 1. The van der Waals surface area contributed by atoms with E-state index in [4.69, 9.17) is 14.2 Å². The van der Waals surface area contributed by atoms with Gasteiger partial charge < -0.3 is 24.8 Å². The van der Waals surface area contributed by atoms with Crippen LogP contribution in [0.1, 0.15) is 87.5 Å². The molecular formula is C26H44N4O7S2. The molecule has 1 saturated heterocycles. The molecule has 11 nitrogen and oxygen atoms in total. The molecule has 3 unspecified atom stereocenters. The predicted molar refractivity (Wildman–Crippen MR) is 156 cm³/mol. The average molecular weight is 589 g/mol. The zero-order valence-corrected chi connectivity index (χ0v) is 26.0. The Balaban J connectivity index is 2.69. The molecule has 0 bridgehead atoms. The Bertz CT molecular complexity index is 993. The Hall–Kier alpha value is -2.28. The summed E-state index contributed by atoms with van der Waals surface area (Å²) in [4.78, 5) is 56.7. The van der Waals surface area contributed by atoms with E-state index in [1.54, 1.807) is 48.5 Å². The van der Waals surface area contributed by atoms with Gasteiger partial charge in [0.1, 0.15) is 11.2 Å². The molecule has 222 valence electrons. The average Bonchev–Trinajstić information content (AvgIpc) is 3.29. The summed E-state index contributed by atoms with van der Waals surface area (Å²) in [6.45, 7) is 13.4. The maximum atomic E-state index is 13.4. The number of alkyl carbamates (subject to hydrolysis) is 1. The first-order valence-electron chi connectivity index (χ1n) is 13.3. The third-order valence-corrected chi connectivity index (χ3v) is 10.5. The SMILES string of the molecule is CCOC(=O)C(NC(C)=O)C1(NC(=NC(=O)OC(C)(C)C)NC(=O)OC(C)(C)C)SCCCS1=C1CCCC1. The van der Waals surface area contributed by atoms with Gasteiger partial charge in [-0.05, 0) is 96.9 Å². The number of hydrogen-bond donors (Lipinski definition) is 3. The van der Waals surface area contributed by atoms with Crippen LogP contribution < -0.4 is 16.0 Å². The van der Waals surface area contributed by atoms with Gasteiger partial charge in [-0.25, -0.2) is 14.4 Å². The van der Waals surface area contributed by atoms with Crippen LogP contribution in [0, 0.1) is 0 Å². The molecule has 0 aromatic rings. The minimum Gasteiger partial charge on any atom is -0.464 e. The zero-order chi connectivity index (χ0) is 29.4. The highest BCUT2D eigenvalue weighted by Crippen LogP contribution is 2.50. The lowest BCUT2D eigenvalue weighted by molar-refractivity contribution is -0.147. The normalized spacial score (nSPS) is 22.9. The smallest absolute Gasteiger partial charge is 0.437 e. The van der Waals surface area contributed by atoms with Crippen LogP contribution in [0.25, 0.3) is 0 Å². The quantitative estimate of drug-likeness (QED) is 0.141. The Labute approximate surface area is 238 Å². The van der Waals surface area contributed by atoms with Crippen LogP contribution in [0.15, 0.2) is 4.99 Å². The van der Waals surface area contributed by atoms with E-state index in [9.17, 15) is 19.2 Å². The van der Waals surface area contributed by atoms with Gasteiger partial charge >= 0.3 is 18.2 Å². The first kappa shape index (κ1) is 32.9. The van der Waals surface area contributed by atoms with E-state index in [-0.39, 0.29) is 12.6 Å². The highest BCUT2D eigenvalue weighted by atomic mass is 32.2. The van der Waals surface area contributed by atoms with Crippen molar-refractivity contribution in [1.29, 1.82) is 0 Å². The van der Waals surface area contributed by atoms with Gasteiger partial charge in [-0.15, -0.1) is 27.2 Å². The Kier molecular flexibility index (Phi) is 11.7. The van der Waals surface area contributed by atoms with Gasteiger partial charge in [0.15, 0.2) is 10.2 Å². The van der Waals surface area contributed by atoms with Crippen molar-refractivity contribution >= 4 is 57.1 Å². The lowest BCUT2D eigenvalue weighted by Crippen LogP contribution is -2.66. The number of nitrogens with zero attached hydrogens (tertiary/aromatic N) is 1. The number of nitrogens with one attached hydrogen (secondary N) is 3. The third kappa shape index (κ3) is 10.3. The molecule has 3 atom stereocenters. The standard InChI is InChI=1S/C26H44N4O7S2/c1-9-35-20(32)19(27-17(2)31)26(38-15-12-16-39(26)18-13-10-11-14-18)30-21(28-22(33)36-24(3,4)5)29-23(34)37-25(6,7)8/h19H,9-16H2,1-8H3,(H,27,31)(H2,28,29,30,33,34). The molecular weight excluding hydrogens is 544 g/mol. The van der Waals surface area contributed by atoms with Crippen molar-refractivity contribution in [2.45, 2.75) is 109 Å². The Morgan fingerprint density at radius 2 is 1.64 bits per heavy atom. The van der Waals surface area contributed by atoms with Crippen LogP contribution in [0.4, 0.5) is 9.59 Å². The van der Waals surface area contributed by atoms with Crippen molar-refractivity contribution in [2.75, 3.05) is 18.1 Å². The highest BCUT2D eigenvalue weighted by molar-refractivity contribution is 8.28. The fraction of sp³-hybridized carbons (Fsp3) is 0.769. The summed E-state index contributed by atoms with van der Waals surface area (Å²) in [5, 5.41) is 8.60. The van der Waals surface area contributed by atoms with Crippen LogP contribution in [-0.4, -0.2) is 74.4 Å². The van der Waals surface area contributed by atoms with E-state index in [2.05, 4.69) is 20.9 Å². The molecule has 1 aliphatic carbocycles. The van der Waals surface area contributed by atoms with E-state index in [0.29, 0.717) is 5.75 Å². The minimum absolute atomic E-state index is 0.120. The van der Waals surface area contributed by atoms with Crippen LogP contribution in [0.2, 0.25) is 0 Å². The van der Waals surface area contributed by atoms with Gasteiger partial charge in [-0.1, -0.05) is 0 Å².